The third-order valence-electron chi connectivity index (χ3n) is 3.63. The summed E-state index contributed by atoms with van der Waals surface area (Å²) in [7, 11) is 0. The lowest BCUT2D eigenvalue weighted by Crippen LogP contribution is -1.92. The van der Waals surface area contributed by atoms with Crippen molar-refractivity contribution in [2.75, 3.05) is 0 Å². The predicted molar refractivity (Wildman–Crippen MR) is 99.6 cm³/mol. The fourth-order valence-corrected chi connectivity index (χ4v) is 2.22. The van der Waals surface area contributed by atoms with E-state index >= 15 is 0 Å². The summed E-state index contributed by atoms with van der Waals surface area (Å²) in [6.07, 6.45) is 26.0. The molecular formula is C21H34O2. The maximum atomic E-state index is 11.3. The molecule has 0 fully saturated rings. The van der Waals surface area contributed by atoms with Crippen molar-refractivity contribution < 1.29 is 9.59 Å². The van der Waals surface area contributed by atoms with Crippen molar-refractivity contribution in [3.8, 4) is 0 Å². The van der Waals surface area contributed by atoms with E-state index in [1.807, 2.05) is 6.08 Å². The lowest BCUT2D eigenvalue weighted by molar-refractivity contribution is -0.116. The SMILES string of the molecule is CCCCCC=CCC=CCCCCCC=CC(=O)CCC=O. The number of carbonyl (C=O) groups excluding carboxylic acids is 2. The lowest BCUT2D eigenvalue weighted by atomic mass is 10.1. The van der Waals surface area contributed by atoms with Crippen LogP contribution in [0, 0.1) is 0 Å². The van der Waals surface area contributed by atoms with Crippen molar-refractivity contribution in [2.24, 2.45) is 0 Å². The Labute approximate surface area is 142 Å². The minimum absolute atomic E-state index is 0.0581. The fourth-order valence-electron chi connectivity index (χ4n) is 2.22. The van der Waals surface area contributed by atoms with Gasteiger partial charge in [0.05, 0.1) is 0 Å². The molecule has 0 amide bonds. The van der Waals surface area contributed by atoms with Gasteiger partial charge in [-0.3, -0.25) is 4.79 Å². The van der Waals surface area contributed by atoms with Crippen LogP contribution in [0.2, 0.25) is 0 Å². The molecule has 0 aromatic carbocycles. The second-order valence-electron chi connectivity index (χ2n) is 5.89. The number of hydrogen-bond donors (Lipinski definition) is 0. The largest absolute Gasteiger partial charge is 0.303 e. The van der Waals surface area contributed by atoms with E-state index in [9.17, 15) is 9.59 Å². The van der Waals surface area contributed by atoms with Crippen LogP contribution in [0.3, 0.4) is 0 Å². The first kappa shape index (κ1) is 21.6. The molecule has 2 nitrogen and oxygen atoms in total. The van der Waals surface area contributed by atoms with Crippen LogP contribution in [0.25, 0.3) is 0 Å². The highest BCUT2D eigenvalue weighted by atomic mass is 16.1. The molecule has 0 saturated heterocycles. The standard InChI is InChI=1S/C21H34O2/c1-2-3-4-5-6-7-8-9-10-11-12-13-14-15-16-18-21(23)19-17-20-22/h6-7,9-10,16,18,20H,2-5,8,11-15,17,19H2,1H3. The smallest absolute Gasteiger partial charge is 0.155 e. The van der Waals surface area contributed by atoms with Crippen molar-refractivity contribution in [2.45, 2.75) is 84.0 Å². The Hall–Kier alpha value is -1.44. The maximum Gasteiger partial charge on any atom is 0.155 e. The number of hydrogen-bond acceptors (Lipinski definition) is 2. The Morgan fingerprint density at radius 2 is 1.35 bits per heavy atom. The van der Waals surface area contributed by atoms with Crippen LogP contribution >= 0.6 is 0 Å². The van der Waals surface area contributed by atoms with Gasteiger partial charge in [0.1, 0.15) is 6.29 Å². The minimum atomic E-state index is 0.0581. The molecule has 23 heavy (non-hydrogen) atoms. The molecule has 0 aromatic heterocycles. The lowest BCUT2D eigenvalue weighted by Gasteiger charge is -1.95. The summed E-state index contributed by atoms with van der Waals surface area (Å²) in [6, 6.07) is 0. The van der Waals surface area contributed by atoms with Gasteiger partial charge in [-0.1, -0.05) is 56.6 Å². The third kappa shape index (κ3) is 18.5. The normalized spacial score (nSPS) is 11.9. The molecule has 0 saturated carbocycles. The van der Waals surface area contributed by atoms with E-state index in [2.05, 4.69) is 31.2 Å². The minimum Gasteiger partial charge on any atom is -0.303 e. The summed E-state index contributed by atoms with van der Waals surface area (Å²) in [6.45, 7) is 2.23. The van der Waals surface area contributed by atoms with E-state index in [1.165, 1.54) is 38.5 Å². The second-order valence-corrected chi connectivity index (χ2v) is 5.89. The Kier molecular flexibility index (Phi) is 17.4. The van der Waals surface area contributed by atoms with Crippen LogP contribution in [0.4, 0.5) is 0 Å². The van der Waals surface area contributed by atoms with Crippen molar-refractivity contribution in [1.29, 1.82) is 0 Å². The quantitative estimate of drug-likeness (QED) is 0.149. The van der Waals surface area contributed by atoms with Crippen molar-refractivity contribution in [3.05, 3.63) is 36.5 Å². The number of aldehydes is 1. The molecule has 130 valence electrons. The number of carbonyl (C=O) groups is 2. The molecule has 0 aliphatic rings. The first-order chi connectivity index (χ1) is 11.3. The number of rotatable bonds is 16. The molecule has 0 rings (SSSR count). The molecule has 0 radical (unpaired) electrons. The van der Waals surface area contributed by atoms with E-state index in [0.717, 1.165) is 32.0 Å². The number of allylic oxidation sites excluding steroid dienone is 6. The molecule has 0 heterocycles. The molecule has 0 unspecified atom stereocenters. The van der Waals surface area contributed by atoms with Crippen LogP contribution in [-0.2, 0) is 9.59 Å². The van der Waals surface area contributed by atoms with Crippen LogP contribution in [-0.4, -0.2) is 12.1 Å². The molecule has 0 atom stereocenters. The molecule has 0 aliphatic heterocycles. The van der Waals surface area contributed by atoms with E-state index in [4.69, 9.17) is 0 Å². The number of ketones is 1. The average Bonchev–Trinajstić information content (AvgIpc) is 2.56. The zero-order valence-electron chi connectivity index (χ0n) is 14.8. The van der Waals surface area contributed by atoms with Crippen LogP contribution < -0.4 is 0 Å². The predicted octanol–water partition coefficient (Wildman–Crippen LogP) is 6.12. The fraction of sp³-hybridized carbons (Fsp3) is 0.619. The Balaban J connectivity index is 3.35. The Morgan fingerprint density at radius 3 is 1.96 bits per heavy atom. The van der Waals surface area contributed by atoms with E-state index in [0.29, 0.717) is 12.8 Å². The molecule has 0 aliphatic carbocycles. The molecule has 2 heteroatoms. The number of unbranched alkanes of at least 4 members (excludes halogenated alkanes) is 7. The van der Waals surface area contributed by atoms with Gasteiger partial charge in [0.15, 0.2) is 5.78 Å². The first-order valence-corrected chi connectivity index (χ1v) is 9.24. The highest BCUT2D eigenvalue weighted by molar-refractivity contribution is 5.90. The van der Waals surface area contributed by atoms with Gasteiger partial charge in [-0.2, -0.15) is 0 Å². The molecule has 0 N–H and O–H groups in total. The highest BCUT2D eigenvalue weighted by Crippen LogP contribution is 2.05. The highest BCUT2D eigenvalue weighted by Gasteiger charge is 1.94. The topological polar surface area (TPSA) is 34.1 Å². The van der Waals surface area contributed by atoms with Gasteiger partial charge in [-0.15, -0.1) is 0 Å². The van der Waals surface area contributed by atoms with Gasteiger partial charge in [0.25, 0.3) is 0 Å². The van der Waals surface area contributed by atoms with Crippen LogP contribution in [0.15, 0.2) is 36.5 Å². The van der Waals surface area contributed by atoms with E-state index in [-0.39, 0.29) is 5.78 Å². The summed E-state index contributed by atoms with van der Waals surface area (Å²) in [4.78, 5) is 21.4. The zero-order chi connectivity index (χ0) is 17.0. The van der Waals surface area contributed by atoms with Gasteiger partial charge >= 0.3 is 0 Å². The molecular weight excluding hydrogens is 284 g/mol. The first-order valence-electron chi connectivity index (χ1n) is 9.24. The van der Waals surface area contributed by atoms with Gasteiger partial charge in [-0.25, -0.2) is 0 Å². The Bertz CT molecular complexity index is 364. The zero-order valence-corrected chi connectivity index (χ0v) is 14.8. The second kappa shape index (κ2) is 18.6. The van der Waals surface area contributed by atoms with Gasteiger partial charge in [0, 0.05) is 12.8 Å². The van der Waals surface area contributed by atoms with Crippen LogP contribution in [0.1, 0.15) is 84.0 Å². The Morgan fingerprint density at radius 1 is 0.739 bits per heavy atom. The van der Waals surface area contributed by atoms with Crippen molar-refractivity contribution in [3.63, 3.8) is 0 Å². The molecule has 0 bridgehead atoms. The average molecular weight is 319 g/mol. The summed E-state index contributed by atoms with van der Waals surface area (Å²) in [5.74, 6) is 0.0581. The van der Waals surface area contributed by atoms with E-state index in [1.54, 1.807) is 6.08 Å². The third-order valence-corrected chi connectivity index (χ3v) is 3.63. The molecule has 0 aromatic rings. The van der Waals surface area contributed by atoms with Crippen LogP contribution in [0.5, 0.6) is 0 Å². The van der Waals surface area contributed by atoms with Gasteiger partial charge < -0.3 is 4.79 Å². The summed E-state index contributed by atoms with van der Waals surface area (Å²) in [5, 5.41) is 0. The van der Waals surface area contributed by atoms with E-state index < -0.39 is 0 Å². The van der Waals surface area contributed by atoms with Crippen molar-refractivity contribution in [1.82, 2.24) is 0 Å². The van der Waals surface area contributed by atoms with Gasteiger partial charge in [0.2, 0.25) is 0 Å². The summed E-state index contributed by atoms with van der Waals surface area (Å²) in [5.41, 5.74) is 0. The molecule has 0 spiro atoms. The maximum absolute atomic E-state index is 11.3. The van der Waals surface area contributed by atoms with Crippen molar-refractivity contribution >= 4 is 12.1 Å². The van der Waals surface area contributed by atoms with Gasteiger partial charge in [-0.05, 0) is 51.0 Å². The summed E-state index contributed by atoms with van der Waals surface area (Å²) >= 11 is 0. The monoisotopic (exact) mass is 318 g/mol. The summed E-state index contributed by atoms with van der Waals surface area (Å²) < 4.78 is 0.